The molecule has 0 aliphatic heterocycles. The van der Waals surface area contributed by atoms with Crippen molar-refractivity contribution in [3.05, 3.63) is 48.8 Å². The molecule has 0 fully saturated rings. The summed E-state index contributed by atoms with van der Waals surface area (Å²) in [6.45, 7) is 2.15. The van der Waals surface area contributed by atoms with Crippen molar-refractivity contribution in [1.29, 1.82) is 0 Å². The molecule has 0 aromatic carbocycles. The van der Waals surface area contributed by atoms with Gasteiger partial charge in [-0.1, -0.05) is 19.4 Å². The fourth-order valence-electron chi connectivity index (χ4n) is 1.00. The molecule has 0 spiro atoms. The van der Waals surface area contributed by atoms with Crippen molar-refractivity contribution in [3.8, 4) is 0 Å². The number of aromatic amines is 1. The van der Waals surface area contributed by atoms with Crippen molar-refractivity contribution in [2.75, 3.05) is 0 Å². The van der Waals surface area contributed by atoms with Crippen molar-refractivity contribution in [2.45, 2.75) is 19.8 Å². The van der Waals surface area contributed by atoms with E-state index in [2.05, 4.69) is 21.9 Å². The highest BCUT2D eigenvalue weighted by atomic mass is 14.9. The first kappa shape index (κ1) is 10.4. The Bertz CT molecular complexity index is 276. The van der Waals surface area contributed by atoms with Gasteiger partial charge in [-0.15, -0.1) is 0 Å². The van der Waals surface area contributed by atoms with Gasteiger partial charge in [0.25, 0.3) is 0 Å². The predicted molar refractivity (Wildman–Crippen MR) is 56.8 cm³/mol. The summed E-state index contributed by atoms with van der Waals surface area (Å²) < 4.78 is 0. The van der Waals surface area contributed by atoms with E-state index in [0.29, 0.717) is 0 Å². The van der Waals surface area contributed by atoms with E-state index in [9.17, 15) is 0 Å². The van der Waals surface area contributed by atoms with Crippen LogP contribution in [0.2, 0.25) is 0 Å². The molecule has 2 rings (SSSR count). The van der Waals surface area contributed by atoms with Crippen molar-refractivity contribution < 1.29 is 0 Å². The maximum atomic E-state index is 3.89. The molecule has 0 amide bonds. The molecular weight excluding hydrogens is 174 g/mol. The summed E-state index contributed by atoms with van der Waals surface area (Å²) in [5.74, 6) is 0. The van der Waals surface area contributed by atoms with Crippen LogP contribution in [-0.4, -0.2) is 15.0 Å². The van der Waals surface area contributed by atoms with Gasteiger partial charge in [0, 0.05) is 24.3 Å². The lowest BCUT2D eigenvalue weighted by Crippen LogP contribution is -1.79. The summed E-state index contributed by atoms with van der Waals surface area (Å²) in [5.41, 5.74) is 1.23. The second-order valence-electron chi connectivity index (χ2n) is 2.85. The summed E-state index contributed by atoms with van der Waals surface area (Å²) in [4.78, 5) is 10.7. The molecule has 0 aliphatic rings. The van der Waals surface area contributed by atoms with Crippen LogP contribution in [-0.2, 0) is 6.42 Å². The van der Waals surface area contributed by atoms with Crippen molar-refractivity contribution in [3.63, 3.8) is 0 Å². The van der Waals surface area contributed by atoms with E-state index in [1.807, 2.05) is 24.4 Å². The molecule has 0 saturated carbocycles. The summed E-state index contributed by atoms with van der Waals surface area (Å²) >= 11 is 0. The van der Waals surface area contributed by atoms with Gasteiger partial charge in [0.2, 0.25) is 0 Å². The van der Waals surface area contributed by atoms with Crippen LogP contribution < -0.4 is 0 Å². The van der Waals surface area contributed by atoms with Gasteiger partial charge in [0.1, 0.15) is 0 Å². The Hall–Kier alpha value is -1.64. The summed E-state index contributed by atoms with van der Waals surface area (Å²) in [6, 6.07) is 5.72. The van der Waals surface area contributed by atoms with E-state index in [-0.39, 0.29) is 0 Å². The van der Waals surface area contributed by atoms with Gasteiger partial charge in [0.15, 0.2) is 0 Å². The van der Waals surface area contributed by atoms with Gasteiger partial charge in [-0.25, -0.2) is 4.98 Å². The molecule has 0 aliphatic carbocycles. The van der Waals surface area contributed by atoms with E-state index in [4.69, 9.17) is 0 Å². The topological polar surface area (TPSA) is 41.6 Å². The minimum atomic E-state index is 1.11. The first-order chi connectivity index (χ1) is 6.93. The Labute approximate surface area is 84.2 Å². The lowest BCUT2D eigenvalue weighted by molar-refractivity contribution is 0.892. The number of aryl methyl sites for hydroxylation is 1. The molecule has 0 unspecified atom stereocenters. The third kappa shape index (κ3) is 4.40. The molecule has 2 heterocycles. The van der Waals surface area contributed by atoms with Crippen LogP contribution in [0, 0.1) is 0 Å². The van der Waals surface area contributed by atoms with Crippen LogP contribution in [0.15, 0.2) is 43.1 Å². The van der Waals surface area contributed by atoms with E-state index >= 15 is 0 Å². The normalized spacial score (nSPS) is 8.93. The minimum Gasteiger partial charge on any atom is -0.348 e. The number of nitrogens with zero attached hydrogens (tertiary/aromatic N) is 2. The zero-order chi connectivity index (χ0) is 10.1. The number of imidazole rings is 1. The molecule has 2 aromatic rings. The summed E-state index contributed by atoms with van der Waals surface area (Å²) in [6.07, 6.45) is 9.37. The van der Waals surface area contributed by atoms with Crippen LogP contribution in [0.3, 0.4) is 0 Å². The molecule has 0 radical (unpaired) electrons. The van der Waals surface area contributed by atoms with Gasteiger partial charge in [0.05, 0.1) is 6.33 Å². The second kappa shape index (κ2) is 6.83. The second-order valence-corrected chi connectivity index (χ2v) is 2.85. The van der Waals surface area contributed by atoms with Crippen LogP contribution in [0.4, 0.5) is 0 Å². The number of hydrogen-bond acceptors (Lipinski definition) is 2. The largest absolute Gasteiger partial charge is 0.348 e. The Balaban J connectivity index is 0.000000146. The number of aromatic nitrogens is 3. The Morgan fingerprint density at radius 1 is 1.14 bits per heavy atom. The van der Waals surface area contributed by atoms with Gasteiger partial charge in [-0.05, 0) is 18.6 Å². The fourth-order valence-corrected chi connectivity index (χ4v) is 1.00. The number of pyridine rings is 1. The zero-order valence-corrected chi connectivity index (χ0v) is 8.35. The number of H-pyrrole nitrogens is 1. The maximum Gasteiger partial charge on any atom is 0.0921 e. The van der Waals surface area contributed by atoms with Crippen LogP contribution in [0.25, 0.3) is 0 Å². The van der Waals surface area contributed by atoms with E-state index in [1.54, 1.807) is 18.7 Å². The first-order valence-electron chi connectivity index (χ1n) is 4.75. The number of hydrogen-bond donors (Lipinski definition) is 1. The van der Waals surface area contributed by atoms with Gasteiger partial charge < -0.3 is 4.98 Å². The van der Waals surface area contributed by atoms with Crippen molar-refractivity contribution >= 4 is 0 Å². The van der Waals surface area contributed by atoms with Crippen LogP contribution in [0.5, 0.6) is 0 Å². The number of rotatable bonds is 2. The van der Waals surface area contributed by atoms with E-state index in [0.717, 1.165) is 6.42 Å². The molecule has 0 saturated heterocycles. The summed E-state index contributed by atoms with van der Waals surface area (Å²) in [5, 5.41) is 0. The molecule has 2 aromatic heterocycles. The van der Waals surface area contributed by atoms with Crippen LogP contribution in [0.1, 0.15) is 19.0 Å². The Morgan fingerprint density at radius 3 is 2.29 bits per heavy atom. The molecular formula is C11H15N3. The molecule has 1 N–H and O–H groups in total. The van der Waals surface area contributed by atoms with Gasteiger partial charge in [-0.3, -0.25) is 4.98 Å². The standard InChI is InChI=1S/C6H10N2.C5H5N/c1-2-3-6-4-7-5-8-6;1-2-4-6-5-3-1/h4-5H,2-3H2,1H3,(H,7,8);1-5H. The molecule has 0 atom stereocenters. The Kier molecular flexibility index (Phi) is 5.09. The highest BCUT2D eigenvalue weighted by Crippen LogP contribution is 1.93. The average molecular weight is 189 g/mol. The quantitative estimate of drug-likeness (QED) is 0.788. The highest BCUT2D eigenvalue weighted by Gasteiger charge is 1.86. The van der Waals surface area contributed by atoms with Gasteiger partial charge in [-0.2, -0.15) is 0 Å². The van der Waals surface area contributed by atoms with Crippen LogP contribution >= 0.6 is 0 Å². The molecule has 74 valence electrons. The van der Waals surface area contributed by atoms with E-state index < -0.39 is 0 Å². The lowest BCUT2D eigenvalue weighted by atomic mass is 10.3. The lowest BCUT2D eigenvalue weighted by Gasteiger charge is -1.86. The van der Waals surface area contributed by atoms with E-state index in [1.165, 1.54) is 12.1 Å². The average Bonchev–Trinajstić information content (AvgIpc) is 2.75. The SMILES string of the molecule is CCCc1cnc[nH]1.c1ccncc1. The Morgan fingerprint density at radius 2 is 1.93 bits per heavy atom. The van der Waals surface area contributed by atoms with Crippen molar-refractivity contribution in [1.82, 2.24) is 15.0 Å². The molecule has 3 nitrogen and oxygen atoms in total. The smallest absolute Gasteiger partial charge is 0.0921 e. The zero-order valence-electron chi connectivity index (χ0n) is 8.35. The third-order valence-corrected chi connectivity index (χ3v) is 1.64. The highest BCUT2D eigenvalue weighted by molar-refractivity contribution is 4.93. The predicted octanol–water partition coefficient (Wildman–Crippen LogP) is 2.44. The first-order valence-corrected chi connectivity index (χ1v) is 4.75. The fraction of sp³-hybridized carbons (Fsp3) is 0.273. The van der Waals surface area contributed by atoms with Gasteiger partial charge >= 0.3 is 0 Å². The summed E-state index contributed by atoms with van der Waals surface area (Å²) in [7, 11) is 0. The molecule has 3 heteroatoms. The molecule has 14 heavy (non-hydrogen) atoms. The minimum absolute atomic E-state index is 1.11. The monoisotopic (exact) mass is 189 g/mol. The third-order valence-electron chi connectivity index (χ3n) is 1.64. The number of nitrogens with one attached hydrogen (secondary N) is 1. The maximum absolute atomic E-state index is 3.89. The van der Waals surface area contributed by atoms with Crippen molar-refractivity contribution in [2.24, 2.45) is 0 Å². The molecule has 0 bridgehead atoms.